The zero-order chi connectivity index (χ0) is 22.2. The molecule has 0 aliphatic heterocycles. The number of ether oxygens (including phenoxy) is 1. The highest BCUT2D eigenvalue weighted by Gasteiger charge is 2.56. The summed E-state index contributed by atoms with van der Waals surface area (Å²) >= 11 is 0. The zero-order valence-electron chi connectivity index (χ0n) is 16.9. The molecular weight excluding hydrogens is 398 g/mol. The molecule has 160 valence electrons. The van der Waals surface area contributed by atoms with Gasteiger partial charge in [0.1, 0.15) is 11.6 Å². The highest BCUT2D eigenvalue weighted by atomic mass is 19.4. The number of methoxy groups -OCH3 is 1. The van der Waals surface area contributed by atoms with Gasteiger partial charge in [-0.05, 0) is 47.7 Å². The lowest BCUT2D eigenvalue weighted by Gasteiger charge is -2.38. The van der Waals surface area contributed by atoms with Gasteiger partial charge in [-0.1, -0.05) is 32.0 Å². The Morgan fingerprint density at radius 2 is 1.73 bits per heavy atom. The number of nitrogens with zero attached hydrogens (tertiary/aromatic N) is 1. The molecule has 2 aromatic carbocycles. The van der Waals surface area contributed by atoms with E-state index >= 15 is 0 Å². The molecule has 3 rings (SSSR count). The third-order valence-corrected chi connectivity index (χ3v) is 5.37. The number of pyridine rings is 1. The predicted molar refractivity (Wildman–Crippen MR) is 107 cm³/mol. The maximum absolute atomic E-state index is 14.1. The van der Waals surface area contributed by atoms with Gasteiger partial charge >= 0.3 is 6.18 Å². The molecule has 0 saturated heterocycles. The SMILES string of the molecule is COc1ccc(F)cc1C(C)(C)CC(O)(Cc1ccnc2ccccc12)C(F)(F)F. The minimum atomic E-state index is -4.91. The Balaban J connectivity index is 2.05. The first kappa shape index (κ1) is 22.0. The molecule has 1 N–H and O–H groups in total. The van der Waals surface area contributed by atoms with Crippen LogP contribution in [0.15, 0.2) is 54.7 Å². The second-order valence-corrected chi connectivity index (χ2v) is 8.10. The van der Waals surface area contributed by atoms with Crippen LogP contribution in [0, 0.1) is 5.82 Å². The molecule has 0 saturated carbocycles. The van der Waals surface area contributed by atoms with Crippen molar-refractivity contribution in [1.29, 1.82) is 0 Å². The Hall–Kier alpha value is -2.67. The second-order valence-electron chi connectivity index (χ2n) is 8.10. The monoisotopic (exact) mass is 421 g/mol. The summed E-state index contributed by atoms with van der Waals surface area (Å²) in [6.07, 6.45) is -4.81. The molecule has 7 heteroatoms. The van der Waals surface area contributed by atoms with Gasteiger partial charge in [-0.2, -0.15) is 13.2 Å². The fraction of sp³-hybridized carbons (Fsp3) is 0.348. The average molecular weight is 421 g/mol. The quantitative estimate of drug-likeness (QED) is 0.528. The first-order chi connectivity index (χ1) is 14.0. The van der Waals surface area contributed by atoms with Crippen molar-refractivity contribution in [2.75, 3.05) is 7.11 Å². The molecule has 0 spiro atoms. The smallest absolute Gasteiger partial charge is 0.417 e. The van der Waals surface area contributed by atoms with Crippen molar-refractivity contribution >= 4 is 10.9 Å². The molecule has 1 unspecified atom stereocenters. The van der Waals surface area contributed by atoms with Gasteiger partial charge in [-0.15, -0.1) is 0 Å². The largest absolute Gasteiger partial charge is 0.496 e. The Morgan fingerprint density at radius 1 is 1.03 bits per heavy atom. The minimum Gasteiger partial charge on any atom is -0.496 e. The molecule has 0 amide bonds. The molecule has 3 aromatic rings. The fourth-order valence-corrected chi connectivity index (χ4v) is 3.92. The summed E-state index contributed by atoms with van der Waals surface area (Å²) < 4.78 is 61.5. The van der Waals surface area contributed by atoms with E-state index in [4.69, 9.17) is 4.74 Å². The Kier molecular flexibility index (Phi) is 5.78. The van der Waals surface area contributed by atoms with Gasteiger partial charge in [0.05, 0.1) is 12.6 Å². The molecule has 0 fully saturated rings. The number of hydrogen-bond donors (Lipinski definition) is 1. The third-order valence-electron chi connectivity index (χ3n) is 5.37. The number of alkyl halides is 3. The van der Waals surface area contributed by atoms with Crippen LogP contribution < -0.4 is 4.74 Å². The van der Waals surface area contributed by atoms with Gasteiger partial charge in [0.2, 0.25) is 0 Å². The molecule has 0 aliphatic carbocycles. The zero-order valence-corrected chi connectivity index (χ0v) is 16.9. The molecule has 3 nitrogen and oxygen atoms in total. The summed E-state index contributed by atoms with van der Waals surface area (Å²) in [5.74, 6) is -0.324. The van der Waals surface area contributed by atoms with Crippen LogP contribution in [-0.4, -0.2) is 29.0 Å². The summed E-state index contributed by atoms with van der Waals surface area (Å²) in [4.78, 5) is 4.17. The topological polar surface area (TPSA) is 42.4 Å². The summed E-state index contributed by atoms with van der Waals surface area (Å²) in [7, 11) is 1.37. The Morgan fingerprint density at radius 3 is 2.40 bits per heavy atom. The Labute approximate surface area is 172 Å². The lowest BCUT2D eigenvalue weighted by Crippen LogP contribution is -2.50. The number of aromatic nitrogens is 1. The van der Waals surface area contributed by atoms with Crippen molar-refractivity contribution in [1.82, 2.24) is 4.98 Å². The van der Waals surface area contributed by atoms with E-state index < -0.39 is 35.9 Å². The van der Waals surface area contributed by atoms with Crippen molar-refractivity contribution in [3.05, 3.63) is 71.7 Å². The standard InChI is InChI=1S/C23H23F4NO2/c1-21(2,18-12-16(24)8-9-20(18)30-3)14-22(29,23(25,26)27)13-15-10-11-28-19-7-5-4-6-17(15)19/h4-12,29H,13-14H2,1-3H3. The van der Waals surface area contributed by atoms with Crippen molar-refractivity contribution in [2.45, 2.75) is 43.9 Å². The summed E-state index contributed by atoms with van der Waals surface area (Å²) in [5.41, 5.74) is -3.14. The van der Waals surface area contributed by atoms with Crippen molar-refractivity contribution < 1.29 is 27.4 Å². The van der Waals surface area contributed by atoms with Gasteiger partial charge in [0.25, 0.3) is 0 Å². The normalized spacial score (nSPS) is 14.5. The first-order valence-corrected chi connectivity index (χ1v) is 9.43. The van der Waals surface area contributed by atoms with Crippen molar-refractivity contribution in [3.63, 3.8) is 0 Å². The highest BCUT2D eigenvalue weighted by molar-refractivity contribution is 5.81. The van der Waals surface area contributed by atoms with Gasteiger partial charge < -0.3 is 9.84 Å². The van der Waals surface area contributed by atoms with E-state index in [1.807, 2.05) is 0 Å². The minimum absolute atomic E-state index is 0.257. The number of aliphatic hydroxyl groups is 1. The van der Waals surface area contributed by atoms with Gasteiger partial charge in [-0.25, -0.2) is 4.39 Å². The average Bonchev–Trinajstić information content (AvgIpc) is 2.67. The number of benzene rings is 2. The highest BCUT2D eigenvalue weighted by Crippen LogP contribution is 2.45. The van der Waals surface area contributed by atoms with E-state index in [9.17, 15) is 22.7 Å². The van der Waals surface area contributed by atoms with E-state index in [1.165, 1.54) is 45.4 Å². The number of fused-ring (bicyclic) bond motifs is 1. The predicted octanol–water partition coefficient (Wildman–Crippen LogP) is 5.59. The van der Waals surface area contributed by atoms with Crippen LogP contribution in [-0.2, 0) is 11.8 Å². The van der Waals surface area contributed by atoms with E-state index in [1.54, 1.807) is 24.3 Å². The molecule has 30 heavy (non-hydrogen) atoms. The number of para-hydroxylation sites is 1. The second kappa shape index (κ2) is 7.87. The van der Waals surface area contributed by atoms with Crippen molar-refractivity contribution in [3.8, 4) is 5.75 Å². The van der Waals surface area contributed by atoms with Crippen LogP contribution in [0.5, 0.6) is 5.75 Å². The molecule has 0 bridgehead atoms. The third kappa shape index (κ3) is 4.26. The van der Waals surface area contributed by atoms with Gasteiger partial charge in [0.15, 0.2) is 5.60 Å². The van der Waals surface area contributed by atoms with Crippen LogP contribution in [0.3, 0.4) is 0 Å². The molecule has 1 atom stereocenters. The van der Waals surface area contributed by atoms with Crippen LogP contribution in [0.2, 0.25) is 0 Å². The number of rotatable bonds is 6. The molecular formula is C23H23F4NO2. The fourth-order valence-electron chi connectivity index (χ4n) is 3.92. The van der Waals surface area contributed by atoms with Crippen LogP contribution >= 0.6 is 0 Å². The maximum Gasteiger partial charge on any atom is 0.417 e. The molecule has 1 aromatic heterocycles. The molecule has 0 aliphatic rings. The molecule has 0 radical (unpaired) electrons. The lowest BCUT2D eigenvalue weighted by molar-refractivity contribution is -0.266. The van der Waals surface area contributed by atoms with Crippen molar-refractivity contribution in [2.24, 2.45) is 0 Å². The maximum atomic E-state index is 14.1. The summed E-state index contributed by atoms with van der Waals surface area (Å²) in [5, 5.41) is 11.5. The van der Waals surface area contributed by atoms with E-state index in [0.29, 0.717) is 16.5 Å². The van der Waals surface area contributed by atoms with Crippen LogP contribution in [0.4, 0.5) is 17.6 Å². The molecule has 1 heterocycles. The van der Waals surface area contributed by atoms with E-state index in [2.05, 4.69) is 4.98 Å². The first-order valence-electron chi connectivity index (χ1n) is 9.43. The van der Waals surface area contributed by atoms with E-state index in [-0.39, 0.29) is 11.3 Å². The number of hydrogen-bond acceptors (Lipinski definition) is 3. The van der Waals surface area contributed by atoms with Crippen LogP contribution in [0.25, 0.3) is 10.9 Å². The lowest BCUT2D eigenvalue weighted by atomic mass is 9.72. The van der Waals surface area contributed by atoms with Gasteiger partial charge in [0, 0.05) is 23.6 Å². The Bertz CT molecular complexity index is 1040. The van der Waals surface area contributed by atoms with Crippen LogP contribution in [0.1, 0.15) is 31.4 Å². The van der Waals surface area contributed by atoms with Gasteiger partial charge in [-0.3, -0.25) is 4.98 Å². The number of halogens is 4. The van der Waals surface area contributed by atoms with E-state index in [0.717, 1.165) is 6.07 Å². The summed E-state index contributed by atoms with van der Waals surface area (Å²) in [6, 6.07) is 12.0. The summed E-state index contributed by atoms with van der Waals surface area (Å²) in [6.45, 7) is 3.07.